The van der Waals surface area contributed by atoms with Crippen molar-refractivity contribution in [1.29, 1.82) is 0 Å². The lowest BCUT2D eigenvalue weighted by atomic mass is 10.1. The Morgan fingerprint density at radius 1 is 1.35 bits per heavy atom. The van der Waals surface area contributed by atoms with Gasteiger partial charge in [0.25, 0.3) is 0 Å². The van der Waals surface area contributed by atoms with Crippen LogP contribution in [0.3, 0.4) is 0 Å². The van der Waals surface area contributed by atoms with Gasteiger partial charge >= 0.3 is 0 Å². The van der Waals surface area contributed by atoms with Crippen LogP contribution in [0.25, 0.3) is 0 Å². The zero-order chi connectivity index (χ0) is 14.4. The molecule has 1 unspecified atom stereocenters. The molecule has 0 amide bonds. The maximum Gasteiger partial charge on any atom is 0.227 e. The van der Waals surface area contributed by atoms with Crippen LogP contribution >= 0.6 is 0 Å². The van der Waals surface area contributed by atoms with Crippen LogP contribution in [0.5, 0.6) is 5.75 Å². The SMILES string of the molecule is COc1ccc(C(O)CNCCc2nc(C)no2)cc1. The van der Waals surface area contributed by atoms with Crippen molar-refractivity contribution >= 4 is 0 Å². The number of methoxy groups -OCH3 is 1. The van der Waals surface area contributed by atoms with E-state index in [9.17, 15) is 5.11 Å². The van der Waals surface area contributed by atoms with Gasteiger partial charge in [0.1, 0.15) is 5.75 Å². The first-order chi connectivity index (χ1) is 9.69. The van der Waals surface area contributed by atoms with Crippen molar-refractivity contribution in [2.24, 2.45) is 0 Å². The minimum Gasteiger partial charge on any atom is -0.497 e. The number of aromatic nitrogens is 2. The van der Waals surface area contributed by atoms with Crippen LogP contribution < -0.4 is 10.1 Å². The van der Waals surface area contributed by atoms with Gasteiger partial charge in [-0.1, -0.05) is 17.3 Å². The third-order valence-corrected chi connectivity index (χ3v) is 2.92. The number of hydrogen-bond donors (Lipinski definition) is 2. The molecule has 6 nitrogen and oxygen atoms in total. The summed E-state index contributed by atoms with van der Waals surface area (Å²) in [7, 11) is 1.62. The summed E-state index contributed by atoms with van der Waals surface area (Å²) < 4.78 is 10.1. The fraction of sp³-hybridized carbons (Fsp3) is 0.429. The van der Waals surface area contributed by atoms with E-state index in [2.05, 4.69) is 15.5 Å². The van der Waals surface area contributed by atoms with E-state index in [0.717, 1.165) is 11.3 Å². The molecule has 0 aliphatic carbocycles. The van der Waals surface area contributed by atoms with Crippen molar-refractivity contribution in [3.05, 3.63) is 41.5 Å². The molecule has 0 bridgehead atoms. The highest BCUT2D eigenvalue weighted by molar-refractivity contribution is 5.28. The monoisotopic (exact) mass is 277 g/mol. The van der Waals surface area contributed by atoms with Crippen LogP contribution in [-0.2, 0) is 6.42 Å². The fourth-order valence-electron chi connectivity index (χ4n) is 1.82. The van der Waals surface area contributed by atoms with Crippen LogP contribution in [0.15, 0.2) is 28.8 Å². The second-order valence-corrected chi connectivity index (χ2v) is 4.48. The Morgan fingerprint density at radius 2 is 2.10 bits per heavy atom. The van der Waals surface area contributed by atoms with Gasteiger partial charge in [-0.3, -0.25) is 0 Å². The van der Waals surface area contributed by atoms with Gasteiger partial charge in [0.2, 0.25) is 5.89 Å². The molecule has 0 spiro atoms. The average molecular weight is 277 g/mol. The summed E-state index contributed by atoms with van der Waals surface area (Å²) in [6.07, 6.45) is 0.0984. The highest BCUT2D eigenvalue weighted by atomic mass is 16.5. The molecule has 0 aliphatic heterocycles. The number of ether oxygens (including phenoxy) is 1. The van der Waals surface area contributed by atoms with Crippen molar-refractivity contribution in [2.45, 2.75) is 19.4 Å². The summed E-state index contributed by atoms with van der Waals surface area (Å²) in [5, 5.41) is 16.9. The lowest BCUT2D eigenvalue weighted by Gasteiger charge is -2.12. The summed E-state index contributed by atoms with van der Waals surface area (Å²) in [6, 6.07) is 7.37. The van der Waals surface area contributed by atoms with Gasteiger partial charge in [0.15, 0.2) is 5.82 Å². The molecule has 2 aromatic rings. The largest absolute Gasteiger partial charge is 0.497 e. The summed E-state index contributed by atoms with van der Waals surface area (Å²) in [5.74, 6) is 2.02. The molecule has 20 heavy (non-hydrogen) atoms. The zero-order valence-corrected chi connectivity index (χ0v) is 11.7. The predicted molar refractivity (Wildman–Crippen MR) is 73.6 cm³/mol. The van der Waals surface area contributed by atoms with Crippen molar-refractivity contribution in [2.75, 3.05) is 20.2 Å². The third-order valence-electron chi connectivity index (χ3n) is 2.92. The molecule has 1 aromatic carbocycles. The first-order valence-corrected chi connectivity index (χ1v) is 6.51. The average Bonchev–Trinajstić information content (AvgIpc) is 2.89. The van der Waals surface area contributed by atoms with Crippen LogP contribution in [0, 0.1) is 6.92 Å². The zero-order valence-electron chi connectivity index (χ0n) is 11.7. The predicted octanol–water partition coefficient (Wildman–Crippen LogP) is 1.25. The van der Waals surface area contributed by atoms with E-state index >= 15 is 0 Å². The smallest absolute Gasteiger partial charge is 0.227 e. The number of aliphatic hydroxyl groups excluding tert-OH is 1. The van der Waals surface area contributed by atoms with Gasteiger partial charge in [-0.15, -0.1) is 0 Å². The standard InChI is InChI=1S/C14H19N3O3/c1-10-16-14(20-17-10)7-8-15-9-13(18)11-3-5-12(19-2)6-4-11/h3-6,13,15,18H,7-9H2,1-2H3. The van der Waals surface area contributed by atoms with E-state index in [-0.39, 0.29) is 0 Å². The Hall–Kier alpha value is -1.92. The summed E-state index contributed by atoms with van der Waals surface area (Å²) in [4.78, 5) is 4.11. The Bertz CT molecular complexity index is 525. The van der Waals surface area contributed by atoms with Crippen LogP contribution in [0.4, 0.5) is 0 Å². The van der Waals surface area contributed by atoms with Gasteiger partial charge in [0, 0.05) is 19.5 Å². The van der Waals surface area contributed by atoms with Crippen molar-refractivity contribution in [1.82, 2.24) is 15.5 Å². The molecule has 0 radical (unpaired) electrons. The highest BCUT2D eigenvalue weighted by Gasteiger charge is 2.08. The fourth-order valence-corrected chi connectivity index (χ4v) is 1.82. The first-order valence-electron chi connectivity index (χ1n) is 6.51. The molecular weight excluding hydrogens is 258 g/mol. The lowest BCUT2D eigenvalue weighted by molar-refractivity contribution is 0.174. The van der Waals surface area contributed by atoms with Crippen molar-refractivity contribution in [3.63, 3.8) is 0 Å². The normalized spacial score (nSPS) is 12.3. The van der Waals surface area contributed by atoms with Gasteiger partial charge in [-0.25, -0.2) is 0 Å². The minimum absolute atomic E-state index is 0.472. The van der Waals surface area contributed by atoms with Gasteiger partial charge in [-0.05, 0) is 24.6 Å². The van der Waals surface area contributed by atoms with E-state index in [1.165, 1.54) is 0 Å². The van der Waals surface area contributed by atoms with Gasteiger partial charge in [-0.2, -0.15) is 4.98 Å². The van der Waals surface area contributed by atoms with E-state index in [1.807, 2.05) is 24.3 Å². The molecule has 0 fully saturated rings. The minimum atomic E-state index is -0.551. The number of nitrogens with zero attached hydrogens (tertiary/aromatic N) is 2. The van der Waals surface area contributed by atoms with Crippen LogP contribution in [0.1, 0.15) is 23.4 Å². The molecule has 2 rings (SSSR count). The molecule has 0 saturated heterocycles. The number of nitrogens with one attached hydrogen (secondary N) is 1. The second kappa shape index (κ2) is 7.02. The van der Waals surface area contributed by atoms with Crippen LogP contribution in [-0.4, -0.2) is 35.4 Å². The molecule has 6 heteroatoms. The molecule has 1 aromatic heterocycles. The highest BCUT2D eigenvalue weighted by Crippen LogP contribution is 2.16. The number of benzene rings is 1. The van der Waals surface area contributed by atoms with E-state index < -0.39 is 6.10 Å². The van der Waals surface area contributed by atoms with E-state index in [1.54, 1.807) is 14.0 Å². The Labute approximate surface area is 117 Å². The maximum absolute atomic E-state index is 10.0. The van der Waals surface area contributed by atoms with Crippen molar-refractivity contribution < 1.29 is 14.4 Å². The van der Waals surface area contributed by atoms with Crippen LogP contribution in [0.2, 0.25) is 0 Å². The summed E-state index contributed by atoms with van der Waals surface area (Å²) >= 11 is 0. The number of rotatable bonds is 7. The molecule has 1 atom stereocenters. The lowest BCUT2D eigenvalue weighted by Crippen LogP contribution is -2.23. The van der Waals surface area contributed by atoms with Gasteiger partial charge in [0.05, 0.1) is 13.2 Å². The molecule has 108 valence electrons. The third kappa shape index (κ3) is 4.04. The quantitative estimate of drug-likeness (QED) is 0.741. The Kier molecular flexibility index (Phi) is 5.09. The summed E-state index contributed by atoms with van der Waals surface area (Å²) in [6.45, 7) is 2.93. The number of aryl methyl sites for hydroxylation is 1. The molecule has 2 N–H and O–H groups in total. The van der Waals surface area contributed by atoms with E-state index in [4.69, 9.17) is 9.26 Å². The molecule has 0 aliphatic rings. The number of hydrogen-bond acceptors (Lipinski definition) is 6. The Balaban J connectivity index is 1.72. The Morgan fingerprint density at radius 3 is 2.70 bits per heavy atom. The molecule has 0 saturated carbocycles. The molecule has 1 heterocycles. The maximum atomic E-state index is 10.0. The van der Waals surface area contributed by atoms with Gasteiger partial charge < -0.3 is 19.7 Å². The molecular formula is C14H19N3O3. The summed E-state index contributed by atoms with van der Waals surface area (Å²) in [5.41, 5.74) is 0.854. The van der Waals surface area contributed by atoms with Crippen molar-refractivity contribution in [3.8, 4) is 5.75 Å². The first kappa shape index (κ1) is 14.5. The topological polar surface area (TPSA) is 80.4 Å². The second-order valence-electron chi connectivity index (χ2n) is 4.48. The number of aliphatic hydroxyl groups is 1. The van der Waals surface area contributed by atoms with E-state index in [0.29, 0.717) is 31.2 Å².